The summed E-state index contributed by atoms with van der Waals surface area (Å²) in [6.45, 7) is 5.93. The van der Waals surface area contributed by atoms with Gasteiger partial charge in [-0.2, -0.15) is 10.2 Å². The van der Waals surface area contributed by atoms with Crippen LogP contribution in [0.5, 0.6) is 0 Å². The molecule has 1 amide bonds. The van der Waals surface area contributed by atoms with Gasteiger partial charge in [0.15, 0.2) is 5.69 Å². The number of aryl methyl sites for hydroxylation is 2. The molecule has 0 aliphatic rings. The van der Waals surface area contributed by atoms with Crippen LogP contribution in [0.1, 0.15) is 33.4 Å². The highest BCUT2D eigenvalue weighted by molar-refractivity contribution is 7.15. The third-order valence-corrected chi connectivity index (χ3v) is 4.64. The lowest BCUT2D eigenvalue weighted by Gasteiger charge is -2.02. The minimum Gasteiger partial charge on any atom is -0.276 e. The fraction of sp³-hybridized carbons (Fsp3) is 0.167. The first-order valence-electron chi connectivity index (χ1n) is 7.57. The second-order valence-electron chi connectivity index (χ2n) is 5.58. The largest absolute Gasteiger partial charge is 0.291 e. The van der Waals surface area contributed by atoms with Gasteiger partial charge < -0.3 is 0 Å². The molecular formula is C18H18N4OS. The minimum atomic E-state index is -0.336. The molecule has 0 spiro atoms. The summed E-state index contributed by atoms with van der Waals surface area (Å²) < 4.78 is 0. The van der Waals surface area contributed by atoms with Gasteiger partial charge in [-0.25, -0.2) is 5.43 Å². The summed E-state index contributed by atoms with van der Waals surface area (Å²) in [6, 6.07) is 13.8. The van der Waals surface area contributed by atoms with Crippen molar-refractivity contribution in [3.8, 4) is 10.6 Å². The van der Waals surface area contributed by atoms with Gasteiger partial charge in [-0.3, -0.25) is 9.89 Å². The molecule has 2 N–H and O–H groups in total. The molecule has 0 radical (unpaired) electrons. The van der Waals surface area contributed by atoms with Crippen molar-refractivity contribution < 1.29 is 4.79 Å². The molecule has 3 aromatic rings. The number of hydrogen-bond acceptors (Lipinski definition) is 4. The normalized spacial score (nSPS) is 11.5. The Bertz CT molecular complexity index is 890. The van der Waals surface area contributed by atoms with Crippen molar-refractivity contribution in [2.45, 2.75) is 20.8 Å². The Labute approximate surface area is 144 Å². The van der Waals surface area contributed by atoms with E-state index in [0.29, 0.717) is 5.69 Å². The van der Waals surface area contributed by atoms with Crippen LogP contribution in [-0.4, -0.2) is 21.8 Å². The molecule has 1 aromatic carbocycles. The molecule has 0 atom stereocenters. The predicted octanol–water partition coefficient (Wildman–Crippen LogP) is 3.91. The van der Waals surface area contributed by atoms with E-state index in [2.05, 4.69) is 20.7 Å². The molecule has 0 aliphatic carbocycles. The molecular weight excluding hydrogens is 320 g/mol. The van der Waals surface area contributed by atoms with E-state index in [9.17, 15) is 4.79 Å². The zero-order valence-corrected chi connectivity index (χ0v) is 14.6. The van der Waals surface area contributed by atoms with E-state index in [4.69, 9.17) is 0 Å². The van der Waals surface area contributed by atoms with Crippen LogP contribution >= 0.6 is 11.3 Å². The Balaban J connectivity index is 1.70. The summed E-state index contributed by atoms with van der Waals surface area (Å²) in [7, 11) is 0. The number of carbonyl (C=O) groups is 1. The van der Waals surface area contributed by atoms with Gasteiger partial charge in [0.25, 0.3) is 5.91 Å². The quantitative estimate of drug-likeness (QED) is 0.559. The van der Waals surface area contributed by atoms with Crippen molar-refractivity contribution in [2.75, 3.05) is 0 Å². The molecule has 3 rings (SSSR count). The Morgan fingerprint density at radius 2 is 1.92 bits per heavy atom. The summed E-state index contributed by atoms with van der Waals surface area (Å²) in [6.07, 6.45) is 0. The fourth-order valence-corrected chi connectivity index (χ4v) is 3.03. The Morgan fingerprint density at radius 1 is 1.17 bits per heavy atom. The van der Waals surface area contributed by atoms with Gasteiger partial charge in [-0.05, 0) is 44.5 Å². The summed E-state index contributed by atoms with van der Waals surface area (Å²) in [5.41, 5.74) is 6.60. The average Bonchev–Trinajstić information content (AvgIpc) is 3.22. The van der Waals surface area contributed by atoms with E-state index in [0.717, 1.165) is 21.8 Å². The molecule has 0 unspecified atom stereocenters. The summed E-state index contributed by atoms with van der Waals surface area (Å²) in [4.78, 5) is 14.5. The van der Waals surface area contributed by atoms with Crippen molar-refractivity contribution in [3.63, 3.8) is 0 Å². The molecule has 0 bridgehead atoms. The number of carbonyl (C=O) groups excluding carboxylic acids is 1. The first-order chi connectivity index (χ1) is 11.5. The number of nitrogens with zero attached hydrogens (tertiary/aromatic N) is 2. The number of hydrazone groups is 1. The van der Waals surface area contributed by atoms with Gasteiger partial charge in [-0.1, -0.05) is 29.8 Å². The maximum absolute atomic E-state index is 12.2. The van der Waals surface area contributed by atoms with E-state index in [1.54, 1.807) is 17.4 Å². The molecule has 2 heterocycles. The topological polar surface area (TPSA) is 70.1 Å². The zero-order valence-electron chi connectivity index (χ0n) is 13.8. The fourth-order valence-electron chi connectivity index (χ4n) is 2.19. The first kappa shape index (κ1) is 16.1. The van der Waals surface area contributed by atoms with Gasteiger partial charge in [0.2, 0.25) is 0 Å². The lowest BCUT2D eigenvalue weighted by molar-refractivity contribution is 0.0950. The number of aromatic amines is 1. The monoisotopic (exact) mass is 338 g/mol. The van der Waals surface area contributed by atoms with E-state index in [-0.39, 0.29) is 5.91 Å². The number of H-pyrrole nitrogens is 1. The molecule has 0 saturated carbocycles. The summed E-state index contributed by atoms with van der Waals surface area (Å²) >= 11 is 1.65. The van der Waals surface area contributed by atoms with Crippen LogP contribution in [0.3, 0.4) is 0 Å². The van der Waals surface area contributed by atoms with Gasteiger partial charge in [0.05, 0.1) is 16.3 Å². The maximum atomic E-state index is 12.2. The van der Waals surface area contributed by atoms with E-state index < -0.39 is 0 Å². The standard InChI is InChI=1S/C18H18N4OS/c1-11-4-7-14(8-5-11)13(3)19-22-18(23)16-10-15(20-21-16)17-9-6-12(2)24-17/h4-10H,1-3H3,(H,20,21)(H,22,23)/b19-13-. The molecule has 5 nitrogen and oxygen atoms in total. The van der Waals surface area contributed by atoms with Crippen LogP contribution in [0.25, 0.3) is 10.6 Å². The molecule has 2 aromatic heterocycles. The molecule has 24 heavy (non-hydrogen) atoms. The third-order valence-electron chi connectivity index (χ3n) is 3.61. The number of aromatic nitrogens is 2. The number of hydrogen-bond donors (Lipinski definition) is 2. The number of thiophene rings is 1. The highest BCUT2D eigenvalue weighted by Gasteiger charge is 2.12. The molecule has 122 valence electrons. The Kier molecular flexibility index (Phi) is 4.57. The van der Waals surface area contributed by atoms with Crippen molar-refractivity contribution in [1.29, 1.82) is 0 Å². The van der Waals surface area contributed by atoms with Crippen LogP contribution in [0.2, 0.25) is 0 Å². The Hall–Kier alpha value is -2.73. The minimum absolute atomic E-state index is 0.316. The number of benzene rings is 1. The van der Waals surface area contributed by atoms with Crippen LogP contribution in [0, 0.1) is 13.8 Å². The number of nitrogens with one attached hydrogen (secondary N) is 2. The second kappa shape index (κ2) is 6.80. The summed E-state index contributed by atoms with van der Waals surface area (Å²) in [5, 5.41) is 11.1. The highest BCUT2D eigenvalue weighted by atomic mass is 32.1. The molecule has 0 saturated heterocycles. The van der Waals surface area contributed by atoms with E-state index in [1.165, 1.54) is 10.4 Å². The number of rotatable bonds is 4. The average molecular weight is 338 g/mol. The van der Waals surface area contributed by atoms with Crippen LogP contribution < -0.4 is 5.43 Å². The van der Waals surface area contributed by atoms with Gasteiger partial charge in [0, 0.05) is 4.88 Å². The lowest BCUT2D eigenvalue weighted by Crippen LogP contribution is -2.19. The molecule has 0 aliphatic heterocycles. The highest BCUT2D eigenvalue weighted by Crippen LogP contribution is 2.26. The van der Waals surface area contributed by atoms with E-state index >= 15 is 0 Å². The zero-order chi connectivity index (χ0) is 17.1. The van der Waals surface area contributed by atoms with Crippen LogP contribution in [-0.2, 0) is 0 Å². The first-order valence-corrected chi connectivity index (χ1v) is 8.38. The second-order valence-corrected chi connectivity index (χ2v) is 6.87. The smallest absolute Gasteiger partial charge is 0.276 e. The maximum Gasteiger partial charge on any atom is 0.291 e. The lowest BCUT2D eigenvalue weighted by atomic mass is 10.1. The van der Waals surface area contributed by atoms with Gasteiger partial charge >= 0.3 is 0 Å². The van der Waals surface area contributed by atoms with Crippen molar-refractivity contribution >= 4 is 23.0 Å². The molecule has 6 heteroatoms. The Morgan fingerprint density at radius 3 is 2.58 bits per heavy atom. The summed E-state index contributed by atoms with van der Waals surface area (Å²) in [5.74, 6) is -0.336. The third kappa shape index (κ3) is 3.60. The van der Waals surface area contributed by atoms with Crippen molar-refractivity contribution in [1.82, 2.24) is 15.6 Å². The SMILES string of the molecule is C/C(=N/NC(=O)c1cc(-c2ccc(C)s2)[nH]n1)c1ccc(C)cc1. The van der Waals surface area contributed by atoms with Crippen LogP contribution in [0.15, 0.2) is 47.6 Å². The van der Waals surface area contributed by atoms with Gasteiger partial charge in [-0.15, -0.1) is 11.3 Å². The van der Waals surface area contributed by atoms with Crippen molar-refractivity contribution in [3.05, 3.63) is 64.2 Å². The van der Waals surface area contributed by atoms with E-state index in [1.807, 2.05) is 57.2 Å². The van der Waals surface area contributed by atoms with Crippen LogP contribution in [0.4, 0.5) is 0 Å². The molecule has 0 fully saturated rings. The van der Waals surface area contributed by atoms with Gasteiger partial charge in [0.1, 0.15) is 0 Å². The predicted molar refractivity (Wildman–Crippen MR) is 97.5 cm³/mol. The van der Waals surface area contributed by atoms with Crippen molar-refractivity contribution in [2.24, 2.45) is 5.10 Å². The number of amides is 1.